The first-order valence-corrected chi connectivity index (χ1v) is 9.31. The minimum atomic E-state index is -0.852. The fourth-order valence-corrected chi connectivity index (χ4v) is 4.80. The second-order valence-corrected chi connectivity index (χ2v) is 7.35. The molecule has 6 nitrogen and oxygen atoms in total. The molecule has 3 rings (SSSR count). The van der Waals surface area contributed by atoms with Crippen LogP contribution in [0.25, 0.3) is 20.7 Å². The molecular formula is C14H12N4O2S3. The number of carbonyl (C=O) groups excluding carboxylic acids is 2. The molecule has 0 atom stereocenters. The molecule has 0 aliphatic rings. The zero-order valence-corrected chi connectivity index (χ0v) is 14.5. The normalized spacial score (nSPS) is 10.8. The molecule has 0 aliphatic carbocycles. The quantitative estimate of drug-likeness (QED) is 0.548. The van der Waals surface area contributed by atoms with Crippen LogP contribution in [0.3, 0.4) is 0 Å². The van der Waals surface area contributed by atoms with Gasteiger partial charge in [0.25, 0.3) is 0 Å². The number of fused-ring (bicyclic) bond motifs is 1. The van der Waals surface area contributed by atoms with Gasteiger partial charge in [-0.1, -0.05) is 17.8 Å². The van der Waals surface area contributed by atoms with E-state index in [0.717, 1.165) is 25.7 Å². The molecule has 3 N–H and O–H groups in total. The van der Waals surface area contributed by atoms with Crippen molar-refractivity contribution in [2.24, 2.45) is 5.73 Å². The Kier molecular flexibility index (Phi) is 4.60. The van der Waals surface area contributed by atoms with Crippen LogP contribution in [-0.2, 0) is 4.79 Å². The molecule has 0 spiro atoms. The van der Waals surface area contributed by atoms with Gasteiger partial charge >= 0.3 is 6.03 Å². The molecule has 3 aromatic heterocycles. The number of nitrogens with zero attached hydrogens (tertiary/aromatic N) is 2. The molecule has 0 bridgehead atoms. The largest absolute Gasteiger partial charge is 0.351 e. The van der Waals surface area contributed by atoms with Crippen LogP contribution in [0, 0.1) is 6.92 Å². The van der Waals surface area contributed by atoms with Crippen molar-refractivity contribution in [1.82, 2.24) is 15.3 Å². The number of aryl methyl sites for hydroxylation is 1. The number of thiophene rings is 2. The number of primary amides is 1. The van der Waals surface area contributed by atoms with Gasteiger partial charge in [0.05, 0.1) is 11.1 Å². The van der Waals surface area contributed by atoms with E-state index in [1.807, 2.05) is 24.4 Å². The van der Waals surface area contributed by atoms with Gasteiger partial charge < -0.3 is 5.73 Å². The van der Waals surface area contributed by atoms with Crippen LogP contribution in [0.15, 0.2) is 27.9 Å². The molecule has 3 heterocycles. The first kappa shape index (κ1) is 15.9. The van der Waals surface area contributed by atoms with E-state index in [9.17, 15) is 9.59 Å². The molecule has 0 aromatic carbocycles. The maximum atomic E-state index is 11.6. The summed E-state index contributed by atoms with van der Waals surface area (Å²) in [6.45, 7) is 1.82. The molecule has 0 saturated heterocycles. The standard InChI is InChI=1S/C14H12N4O2S3/c1-7-16-12-11(8(5-22-12)9-3-2-4-21-9)13(17-7)23-6-10(19)18-14(15)20/h2-5H,6H2,1H3,(H3,15,18,19,20). The molecular weight excluding hydrogens is 352 g/mol. The number of nitrogens with one attached hydrogen (secondary N) is 1. The van der Waals surface area contributed by atoms with Gasteiger partial charge in [0.15, 0.2) is 0 Å². The zero-order chi connectivity index (χ0) is 16.4. The third-order valence-electron chi connectivity index (χ3n) is 2.90. The number of rotatable bonds is 4. The Labute approximate surface area is 144 Å². The molecule has 23 heavy (non-hydrogen) atoms. The van der Waals surface area contributed by atoms with Crippen LogP contribution in [0.1, 0.15) is 5.82 Å². The Hall–Kier alpha value is -1.97. The predicted octanol–water partition coefficient (Wildman–Crippen LogP) is 3.02. The lowest BCUT2D eigenvalue weighted by atomic mass is 10.2. The van der Waals surface area contributed by atoms with Crippen LogP contribution in [0.2, 0.25) is 0 Å². The lowest BCUT2D eigenvalue weighted by Gasteiger charge is -2.05. The second kappa shape index (κ2) is 6.65. The van der Waals surface area contributed by atoms with E-state index < -0.39 is 11.9 Å². The highest BCUT2D eigenvalue weighted by Crippen LogP contribution is 2.39. The Bertz CT molecular complexity index is 874. The van der Waals surface area contributed by atoms with Gasteiger partial charge in [-0.05, 0) is 18.4 Å². The molecule has 0 aliphatic heterocycles. The number of urea groups is 1. The third kappa shape index (κ3) is 3.52. The summed E-state index contributed by atoms with van der Waals surface area (Å²) in [6, 6.07) is 3.18. The van der Waals surface area contributed by atoms with Gasteiger partial charge in [-0.15, -0.1) is 22.7 Å². The Morgan fingerprint density at radius 1 is 1.35 bits per heavy atom. The van der Waals surface area contributed by atoms with E-state index >= 15 is 0 Å². The van der Waals surface area contributed by atoms with Crippen molar-refractivity contribution in [1.29, 1.82) is 0 Å². The van der Waals surface area contributed by atoms with Gasteiger partial charge in [-0.3, -0.25) is 10.1 Å². The zero-order valence-electron chi connectivity index (χ0n) is 12.0. The average Bonchev–Trinajstić information content (AvgIpc) is 3.12. The predicted molar refractivity (Wildman–Crippen MR) is 93.9 cm³/mol. The van der Waals surface area contributed by atoms with Crippen LogP contribution in [0.4, 0.5) is 4.79 Å². The summed E-state index contributed by atoms with van der Waals surface area (Å²) in [6.07, 6.45) is 0. The van der Waals surface area contributed by atoms with E-state index in [1.54, 1.807) is 22.7 Å². The van der Waals surface area contributed by atoms with E-state index in [2.05, 4.69) is 20.7 Å². The van der Waals surface area contributed by atoms with Crippen molar-refractivity contribution in [3.8, 4) is 10.4 Å². The first-order valence-electron chi connectivity index (χ1n) is 6.56. The van der Waals surface area contributed by atoms with Crippen molar-refractivity contribution in [3.05, 3.63) is 28.7 Å². The molecule has 0 saturated carbocycles. The molecule has 0 radical (unpaired) electrons. The molecule has 3 aromatic rings. The van der Waals surface area contributed by atoms with Gasteiger partial charge in [0.2, 0.25) is 5.91 Å². The first-order chi connectivity index (χ1) is 11.0. The van der Waals surface area contributed by atoms with Gasteiger partial charge in [0, 0.05) is 15.8 Å². The minimum absolute atomic E-state index is 0.0637. The number of nitrogens with two attached hydrogens (primary N) is 1. The summed E-state index contributed by atoms with van der Waals surface area (Å²) in [4.78, 5) is 33.3. The highest BCUT2D eigenvalue weighted by molar-refractivity contribution is 8.00. The van der Waals surface area contributed by atoms with E-state index in [-0.39, 0.29) is 5.75 Å². The number of carbonyl (C=O) groups is 2. The number of hydrogen-bond donors (Lipinski definition) is 2. The van der Waals surface area contributed by atoms with E-state index in [0.29, 0.717) is 5.82 Å². The highest BCUT2D eigenvalue weighted by atomic mass is 32.2. The number of thioether (sulfide) groups is 1. The maximum Gasteiger partial charge on any atom is 0.318 e. The van der Waals surface area contributed by atoms with E-state index in [4.69, 9.17) is 5.73 Å². The monoisotopic (exact) mass is 364 g/mol. The van der Waals surface area contributed by atoms with Crippen molar-refractivity contribution in [2.45, 2.75) is 11.9 Å². The Balaban J connectivity index is 1.97. The summed E-state index contributed by atoms with van der Waals surface area (Å²) in [5.74, 6) is 0.267. The van der Waals surface area contributed by atoms with E-state index in [1.165, 1.54) is 11.8 Å². The molecule has 9 heteroatoms. The lowest BCUT2D eigenvalue weighted by Crippen LogP contribution is -2.36. The summed E-state index contributed by atoms with van der Waals surface area (Å²) < 4.78 is 0. The molecule has 118 valence electrons. The number of imide groups is 1. The van der Waals surface area contributed by atoms with Crippen molar-refractivity contribution in [2.75, 3.05) is 5.75 Å². The number of hydrogen-bond acceptors (Lipinski definition) is 7. The van der Waals surface area contributed by atoms with Crippen LogP contribution >= 0.6 is 34.4 Å². The number of amides is 3. The summed E-state index contributed by atoms with van der Waals surface area (Å²) in [5.41, 5.74) is 6.01. The second-order valence-electron chi connectivity index (χ2n) is 4.58. The molecule has 3 amide bonds. The van der Waals surface area contributed by atoms with Crippen molar-refractivity contribution >= 4 is 56.6 Å². The van der Waals surface area contributed by atoms with Gasteiger partial charge in [0.1, 0.15) is 15.7 Å². The smallest absolute Gasteiger partial charge is 0.318 e. The third-order valence-corrected chi connectivity index (χ3v) is 5.65. The van der Waals surface area contributed by atoms with Crippen LogP contribution in [0.5, 0.6) is 0 Å². The fourth-order valence-electron chi connectivity index (χ4n) is 2.04. The minimum Gasteiger partial charge on any atom is -0.351 e. The fraction of sp³-hybridized carbons (Fsp3) is 0.143. The van der Waals surface area contributed by atoms with Gasteiger partial charge in [-0.2, -0.15) is 0 Å². The number of aromatic nitrogens is 2. The van der Waals surface area contributed by atoms with Gasteiger partial charge in [-0.25, -0.2) is 14.8 Å². The Morgan fingerprint density at radius 3 is 2.87 bits per heavy atom. The summed E-state index contributed by atoms with van der Waals surface area (Å²) in [7, 11) is 0. The summed E-state index contributed by atoms with van der Waals surface area (Å²) in [5, 5.41) is 7.80. The molecule has 0 fully saturated rings. The molecule has 0 unspecified atom stereocenters. The highest BCUT2D eigenvalue weighted by Gasteiger charge is 2.16. The summed E-state index contributed by atoms with van der Waals surface area (Å²) >= 11 is 4.47. The van der Waals surface area contributed by atoms with Crippen molar-refractivity contribution < 1.29 is 9.59 Å². The topological polar surface area (TPSA) is 98.0 Å². The lowest BCUT2D eigenvalue weighted by molar-refractivity contribution is -0.117. The Morgan fingerprint density at radius 2 is 2.17 bits per heavy atom. The SMILES string of the molecule is Cc1nc(SCC(=O)NC(N)=O)c2c(-c3cccs3)csc2n1. The maximum absolute atomic E-state index is 11.6. The average molecular weight is 364 g/mol. The van der Waals surface area contributed by atoms with Crippen LogP contribution < -0.4 is 11.1 Å². The van der Waals surface area contributed by atoms with Crippen LogP contribution in [-0.4, -0.2) is 27.7 Å². The van der Waals surface area contributed by atoms with Crippen molar-refractivity contribution in [3.63, 3.8) is 0 Å².